The molecule has 0 aromatic carbocycles. The molecule has 3 heteroatoms. The molecule has 0 saturated carbocycles. The molecular weight excluding hydrogens is 170 g/mol. The Hall–Kier alpha value is 0.270. The van der Waals surface area contributed by atoms with Gasteiger partial charge in [0.25, 0.3) is 0 Å². The Balaban J connectivity index is 1.89. The molecule has 0 aliphatic carbocycles. The highest BCUT2D eigenvalue weighted by molar-refractivity contribution is 7.99. The first-order valence-electron chi connectivity index (χ1n) is 4.84. The molecule has 2 aliphatic rings. The van der Waals surface area contributed by atoms with Gasteiger partial charge in [-0.25, -0.2) is 0 Å². The molecule has 2 unspecified atom stereocenters. The largest absolute Gasteiger partial charge is 0.391 e. The highest BCUT2D eigenvalue weighted by Gasteiger charge is 2.32. The van der Waals surface area contributed by atoms with Gasteiger partial charge < -0.3 is 10.4 Å². The molecule has 2 saturated heterocycles. The molecule has 2 aliphatic heterocycles. The lowest BCUT2D eigenvalue weighted by Crippen LogP contribution is -2.28. The summed E-state index contributed by atoms with van der Waals surface area (Å²) in [4.78, 5) is 0. The van der Waals surface area contributed by atoms with Gasteiger partial charge in [0.15, 0.2) is 0 Å². The zero-order valence-electron chi connectivity index (χ0n) is 7.33. The van der Waals surface area contributed by atoms with Crippen molar-refractivity contribution >= 4 is 11.8 Å². The first kappa shape index (κ1) is 8.85. The lowest BCUT2D eigenvalue weighted by atomic mass is 9.85. The van der Waals surface area contributed by atoms with Crippen LogP contribution in [0.4, 0.5) is 0 Å². The SMILES string of the molecule is OC1CNCC1C1CCSCC1. The van der Waals surface area contributed by atoms with E-state index in [9.17, 15) is 5.11 Å². The zero-order chi connectivity index (χ0) is 8.39. The second-order valence-corrected chi connectivity index (χ2v) is 5.06. The van der Waals surface area contributed by atoms with E-state index in [4.69, 9.17) is 0 Å². The topological polar surface area (TPSA) is 32.3 Å². The molecule has 0 radical (unpaired) electrons. The number of thioether (sulfide) groups is 1. The minimum atomic E-state index is -0.0712. The molecule has 2 fully saturated rings. The maximum atomic E-state index is 9.67. The molecule has 12 heavy (non-hydrogen) atoms. The van der Waals surface area contributed by atoms with Crippen LogP contribution in [0.3, 0.4) is 0 Å². The monoisotopic (exact) mass is 187 g/mol. The van der Waals surface area contributed by atoms with E-state index >= 15 is 0 Å². The van der Waals surface area contributed by atoms with Gasteiger partial charge >= 0.3 is 0 Å². The van der Waals surface area contributed by atoms with Crippen molar-refractivity contribution in [1.29, 1.82) is 0 Å². The van der Waals surface area contributed by atoms with Crippen molar-refractivity contribution < 1.29 is 5.11 Å². The van der Waals surface area contributed by atoms with Crippen LogP contribution in [0.5, 0.6) is 0 Å². The highest BCUT2D eigenvalue weighted by atomic mass is 32.2. The van der Waals surface area contributed by atoms with Gasteiger partial charge in [0, 0.05) is 19.0 Å². The van der Waals surface area contributed by atoms with Crippen molar-refractivity contribution in [3.63, 3.8) is 0 Å². The van der Waals surface area contributed by atoms with Crippen molar-refractivity contribution in [3.8, 4) is 0 Å². The number of β-amino-alcohol motifs (C(OH)–C–C–N with tert-alkyl or cyclic N) is 1. The van der Waals surface area contributed by atoms with Crippen LogP contribution in [0.2, 0.25) is 0 Å². The van der Waals surface area contributed by atoms with E-state index in [-0.39, 0.29) is 6.10 Å². The minimum Gasteiger partial charge on any atom is -0.391 e. The van der Waals surface area contributed by atoms with Gasteiger partial charge in [-0.2, -0.15) is 11.8 Å². The summed E-state index contributed by atoms with van der Waals surface area (Å²) in [6.07, 6.45) is 2.56. The van der Waals surface area contributed by atoms with Crippen LogP contribution < -0.4 is 5.32 Å². The molecule has 0 spiro atoms. The Morgan fingerprint density at radius 2 is 1.92 bits per heavy atom. The molecule has 2 heterocycles. The van der Waals surface area contributed by atoms with E-state index in [2.05, 4.69) is 17.1 Å². The zero-order valence-corrected chi connectivity index (χ0v) is 8.15. The fourth-order valence-electron chi connectivity index (χ4n) is 2.31. The van der Waals surface area contributed by atoms with E-state index in [1.807, 2.05) is 0 Å². The van der Waals surface area contributed by atoms with Crippen LogP contribution in [-0.2, 0) is 0 Å². The van der Waals surface area contributed by atoms with Gasteiger partial charge in [0.05, 0.1) is 6.10 Å². The maximum Gasteiger partial charge on any atom is 0.0707 e. The van der Waals surface area contributed by atoms with E-state index in [0.29, 0.717) is 5.92 Å². The van der Waals surface area contributed by atoms with Crippen molar-refractivity contribution in [2.24, 2.45) is 11.8 Å². The fraction of sp³-hybridized carbons (Fsp3) is 1.00. The smallest absolute Gasteiger partial charge is 0.0707 e. The fourth-order valence-corrected chi connectivity index (χ4v) is 3.45. The summed E-state index contributed by atoms with van der Waals surface area (Å²) in [6, 6.07) is 0. The van der Waals surface area contributed by atoms with Crippen LogP contribution in [-0.4, -0.2) is 35.8 Å². The number of nitrogens with one attached hydrogen (secondary N) is 1. The number of rotatable bonds is 1. The molecule has 70 valence electrons. The number of aliphatic hydroxyl groups excluding tert-OH is 1. The summed E-state index contributed by atoms with van der Waals surface area (Å²) in [5.74, 6) is 3.93. The summed E-state index contributed by atoms with van der Waals surface area (Å²) in [6.45, 7) is 1.85. The molecule has 2 nitrogen and oxygen atoms in total. The van der Waals surface area contributed by atoms with Crippen molar-refractivity contribution in [3.05, 3.63) is 0 Å². The summed E-state index contributed by atoms with van der Waals surface area (Å²) < 4.78 is 0. The van der Waals surface area contributed by atoms with Gasteiger partial charge in [-0.1, -0.05) is 0 Å². The second kappa shape index (κ2) is 3.99. The van der Waals surface area contributed by atoms with Crippen LogP contribution in [0.15, 0.2) is 0 Å². The van der Waals surface area contributed by atoms with Crippen molar-refractivity contribution in [1.82, 2.24) is 5.32 Å². The lowest BCUT2D eigenvalue weighted by Gasteiger charge is -2.28. The first-order valence-corrected chi connectivity index (χ1v) is 6.00. The first-order chi connectivity index (χ1) is 5.88. The normalized spacial score (nSPS) is 38.8. The van der Waals surface area contributed by atoms with Crippen LogP contribution in [0, 0.1) is 11.8 Å². The molecule has 2 N–H and O–H groups in total. The molecule has 0 aromatic heterocycles. The molecule has 2 rings (SSSR count). The third-order valence-corrected chi connectivity index (χ3v) is 4.15. The van der Waals surface area contributed by atoms with E-state index in [1.165, 1.54) is 24.3 Å². The Labute approximate surface area is 78.1 Å². The van der Waals surface area contributed by atoms with Crippen LogP contribution in [0.25, 0.3) is 0 Å². The summed E-state index contributed by atoms with van der Waals surface area (Å²) >= 11 is 2.06. The minimum absolute atomic E-state index is 0.0712. The van der Waals surface area contributed by atoms with E-state index in [0.717, 1.165) is 19.0 Å². The van der Waals surface area contributed by atoms with Gasteiger partial charge in [0.1, 0.15) is 0 Å². The number of aliphatic hydroxyl groups is 1. The molecule has 2 atom stereocenters. The number of hydrogen-bond donors (Lipinski definition) is 2. The van der Waals surface area contributed by atoms with E-state index < -0.39 is 0 Å². The average molecular weight is 187 g/mol. The van der Waals surface area contributed by atoms with Crippen LogP contribution >= 0.6 is 11.8 Å². The van der Waals surface area contributed by atoms with Gasteiger partial charge in [0.2, 0.25) is 0 Å². The molecule has 0 bridgehead atoms. The average Bonchev–Trinajstić information content (AvgIpc) is 2.53. The predicted molar refractivity (Wildman–Crippen MR) is 52.4 cm³/mol. The van der Waals surface area contributed by atoms with Gasteiger partial charge in [-0.05, 0) is 30.3 Å². The summed E-state index contributed by atoms with van der Waals surface area (Å²) in [5, 5.41) is 12.9. The van der Waals surface area contributed by atoms with Gasteiger partial charge in [-0.15, -0.1) is 0 Å². The number of hydrogen-bond acceptors (Lipinski definition) is 3. The quantitative estimate of drug-likeness (QED) is 0.634. The Morgan fingerprint density at radius 3 is 2.50 bits per heavy atom. The predicted octanol–water partition coefficient (Wildman–Crippen LogP) is 0.710. The maximum absolute atomic E-state index is 9.67. The van der Waals surface area contributed by atoms with Crippen LogP contribution in [0.1, 0.15) is 12.8 Å². The van der Waals surface area contributed by atoms with Crippen molar-refractivity contribution in [2.45, 2.75) is 18.9 Å². The second-order valence-electron chi connectivity index (χ2n) is 3.84. The third-order valence-electron chi connectivity index (χ3n) is 3.10. The lowest BCUT2D eigenvalue weighted by molar-refractivity contribution is 0.109. The molecular formula is C9H17NOS. The standard InChI is InChI=1S/C9H17NOS/c11-9-6-10-5-8(9)7-1-3-12-4-2-7/h7-11H,1-6H2. The summed E-state index contributed by atoms with van der Waals surface area (Å²) in [5.41, 5.74) is 0. The van der Waals surface area contributed by atoms with Gasteiger partial charge in [-0.3, -0.25) is 0 Å². The third kappa shape index (κ3) is 1.78. The highest BCUT2D eigenvalue weighted by Crippen LogP contribution is 2.31. The molecule has 0 aromatic rings. The van der Waals surface area contributed by atoms with Crippen molar-refractivity contribution in [2.75, 3.05) is 24.6 Å². The molecule has 0 amide bonds. The Morgan fingerprint density at radius 1 is 1.17 bits per heavy atom. The summed E-state index contributed by atoms with van der Waals surface area (Å²) in [7, 11) is 0. The Bertz CT molecular complexity index is 147. The van der Waals surface area contributed by atoms with E-state index in [1.54, 1.807) is 0 Å². The Kier molecular flexibility index (Phi) is 2.94.